The maximum Gasteiger partial charge on any atom is 0.142 e. The number of thioether (sulfide) groups is 1. The van der Waals surface area contributed by atoms with E-state index in [0.717, 1.165) is 12.8 Å². The highest BCUT2D eigenvalue weighted by molar-refractivity contribution is 8.01. The average Bonchev–Trinajstić information content (AvgIpc) is 1.95. The van der Waals surface area contributed by atoms with Crippen LogP contribution in [-0.2, 0) is 4.79 Å². The Morgan fingerprint density at radius 3 is 2.23 bits per heavy atom. The molecule has 78 valence electrons. The minimum Gasteiger partial charge on any atom is -0.299 e. The molecule has 0 heterocycles. The number of hydrogen-bond acceptors (Lipinski definition) is 2. The second-order valence-electron chi connectivity index (χ2n) is 4.87. The van der Waals surface area contributed by atoms with Crippen molar-refractivity contribution in [3.8, 4) is 0 Å². The Balaban J connectivity index is 3.53. The molecule has 0 aliphatic heterocycles. The van der Waals surface area contributed by atoms with Crippen molar-refractivity contribution in [2.45, 2.75) is 52.2 Å². The quantitative estimate of drug-likeness (QED) is 0.678. The van der Waals surface area contributed by atoms with Gasteiger partial charge < -0.3 is 0 Å². The fourth-order valence-electron chi connectivity index (χ4n) is 0.819. The standard InChI is InChI=1S/C11H22OS/c1-9(2)6-7-10(12)8-13-11(3,4)5/h9H,6-8H2,1-5H3. The first-order chi connectivity index (χ1) is 5.81. The van der Waals surface area contributed by atoms with Gasteiger partial charge in [0.15, 0.2) is 0 Å². The molecule has 0 aliphatic rings. The summed E-state index contributed by atoms with van der Waals surface area (Å²) in [4.78, 5) is 11.4. The lowest BCUT2D eigenvalue weighted by molar-refractivity contribution is -0.116. The molecule has 0 saturated heterocycles. The molecule has 0 unspecified atom stereocenters. The second-order valence-corrected chi connectivity index (χ2v) is 6.67. The Morgan fingerprint density at radius 1 is 1.31 bits per heavy atom. The van der Waals surface area contributed by atoms with Gasteiger partial charge in [0.05, 0.1) is 5.75 Å². The van der Waals surface area contributed by atoms with E-state index in [-0.39, 0.29) is 4.75 Å². The Labute approximate surface area is 86.7 Å². The summed E-state index contributed by atoms with van der Waals surface area (Å²) >= 11 is 1.74. The molecule has 0 aliphatic carbocycles. The first-order valence-electron chi connectivity index (χ1n) is 4.97. The molecule has 0 aromatic heterocycles. The lowest BCUT2D eigenvalue weighted by atomic mass is 10.1. The van der Waals surface area contributed by atoms with Crippen LogP contribution < -0.4 is 0 Å². The van der Waals surface area contributed by atoms with Gasteiger partial charge in [-0.25, -0.2) is 0 Å². The third-order valence-corrected chi connectivity index (χ3v) is 3.00. The van der Waals surface area contributed by atoms with Gasteiger partial charge >= 0.3 is 0 Å². The first kappa shape index (κ1) is 13.0. The topological polar surface area (TPSA) is 17.1 Å². The second kappa shape index (κ2) is 5.69. The van der Waals surface area contributed by atoms with Gasteiger partial charge in [-0.1, -0.05) is 34.6 Å². The minimum absolute atomic E-state index is 0.216. The SMILES string of the molecule is CC(C)CCC(=O)CSC(C)(C)C. The van der Waals surface area contributed by atoms with Gasteiger partial charge in [0.2, 0.25) is 0 Å². The molecule has 13 heavy (non-hydrogen) atoms. The minimum atomic E-state index is 0.216. The van der Waals surface area contributed by atoms with Gasteiger partial charge in [-0.3, -0.25) is 4.79 Å². The summed E-state index contributed by atoms with van der Waals surface area (Å²) in [5, 5.41) is 0. The number of ketones is 1. The number of rotatable bonds is 5. The summed E-state index contributed by atoms with van der Waals surface area (Å²) in [5.41, 5.74) is 0. The van der Waals surface area contributed by atoms with Crippen molar-refractivity contribution in [1.82, 2.24) is 0 Å². The molecule has 2 heteroatoms. The third kappa shape index (κ3) is 9.94. The molecule has 0 atom stereocenters. The van der Waals surface area contributed by atoms with Gasteiger partial charge in [0.25, 0.3) is 0 Å². The Bertz CT molecular complexity index is 156. The predicted octanol–water partition coefficient (Wildman–Crippen LogP) is 3.52. The number of Topliss-reactive ketones (excluding diaryl/α,β-unsaturated/α-hetero) is 1. The Kier molecular flexibility index (Phi) is 5.70. The van der Waals surface area contributed by atoms with E-state index in [9.17, 15) is 4.79 Å². The van der Waals surface area contributed by atoms with E-state index >= 15 is 0 Å². The van der Waals surface area contributed by atoms with Gasteiger partial charge in [-0.15, -0.1) is 11.8 Å². The van der Waals surface area contributed by atoms with Gasteiger partial charge in [0, 0.05) is 11.2 Å². The number of hydrogen-bond donors (Lipinski definition) is 0. The van der Waals surface area contributed by atoms with Crippen molar-refractivity contribution in [1.29, 1.82) is 0 Å². The van der Waals surface area contributed by atoms with Crippen LogP contribution in [0, 0.1) is 5.92 Å². The highest BCUT2D eigenvalue weighted by Gasteiger charge is 2.13. The van der Waals surface area contributed by atoms with Crippen LogP contribution in [0.25, 0.3) is 0 Å². The fraction of sp³-hybridized carbons (Fsp3) is 0.909. The van der Waals surface area contributed by atoms with Crippen LogP contribution in [-0.4, -0.2) is 16.3 Å². The maximum atomic E-state index is 11.4. The molecular formula is C11H22OS. The van der Waals surface area contributed by atoms with Crippen LogP contribution in [0.4, 0.5) is 0 Å². The van der Waals surface area contributed by atoms with Crippen LogP contribution in [0.5, 0.6) is 0 Å². The molecule has 0 amide bonds. The monoisotopic (exact) mass is 202 g/mol. The van der Waals surface area contributed by atoms with Crippen LogP contribution >= 0.6 is 11.8 Å². The van der Waals surface area contributed by atoms with E-state index in [2.05, 4.69) is 34.6 Å². The summed E-state index contributed by atoms with van der Waals surface area (Å²) < 4.78 is 0.216. The van der Waals surface area contributed by atoms with E-state index in [1.54, 1.807) is 11.8 Å². The summed E-state index contributed by atoms with van der Waals surface area (Å²) in [6.07, 6.45) is 1.78. The van der Waals surface area contributed by atoms with Crippen molar-refractivity contribution in [2.75, 3.05) is 5.75 Å². The van der Waals surface area contributed by atoms with Crippen LogP contribution in [0.3, 0.4) is 0 Å². The van der Waals surface area contributed by atoms with E-state index in [4.69, 9.17) is 0 Å². The summed E-state index contributed by atoms with van der Waals surface area (Å²) in [6, 6.07) is 0. The Hall–Kier alpha value is 0.0200. The van der Waals surface area contributed by atoms with Crippen molar-refractivity contribution in [3.05, 3.63) is 0 Å². The molecule has 0 aromatic rings. The lowest BCUT2D eigenvalue weighted by Gasteiger charge is -2.16. The summed E-state index contributed by atoms with van der Waals surface area (Å²) in [6.45, 7) is 10.8. The normalized spacial score (nSPS) is 12.2. The molecule has 0 spiro atoms. The molecule has 0 aromatic carbocycles. The Morgan fingerprint density at radius 2 is 1.85 bits per heavy atom. The van der Waals surface area contributed by atoms with Gasteiger partial charge in [0.1, 0.15) is 5.78 Å². The third-order valence-electron chi connectivity index (χ3n) is 1.67. The zero-order valence-corrected chi connectivity index (χ0v) is 10.3. The van der Waals surface area contributed by atoms with Gasteiger partial charge in [-0.2, -0.15) is 0 Å². The number of carbonyl (C=O) groups is 1. The molecule has 0 N–H and O–H groups in total. The van der Waals surface area contributed by atoms with Crippen LogP contribution in [0.1, 0.15) is 47.5 Å². The molecule has 0 radical (unpaired) electrons. The number of carbonyl (C=O) groups excluding carboxylic acids is 1. The van der Waals surface area contributed by atoms with Crippen LogP contribution in [0.15, 0.2) is 0 Å². The van der Waals surface area contributed by atoms with Crippen molar-refractivity contribution in [2.24, 2.45) is 5.92 Å². The molecule has 0 saturated carbocycles. The average molecular weight is 202 g/mol. The largest absolute Gasteiger partial charge is 0.299 e. The van der Waals surface area contributed by atoms with E-state index < -0.39 is 0 Å². The smallest absolute Gasteiger partial charge is 0.142 e. The first-order valence-corrected chi connectivity index (χ1v) is 5.95. The lowest BCUT2D eigenvalue weighted by Crippen LogP contribution is -2.13. The molecular weight excluding hydrogens is 180 g/mol. The zero-order valence-electron chi connectivity index (χ0n) is 9.52. The molecule has 0 bridgehead atoms. The van der Waals surface area contributed by atoms with Crippen molar-refractivity contribution in [3.63, 3.8) is 0 Å². The van der Waals surface area contributed by atoms with Gasteiger partial charge in [-0.05, 0) is 12.3 Å². The zero-order chi connectivity index (χ0) is 10.5. The molecule has 1 nitrogen and oxygen atoms in total. The summed E-state index contributed by atoms with van der Waals surface area (Å²) in [5.74, 6) is 1.72. The molecule has 0 fully saturated rings. The van der Waals surface area contributed by atoms with E-state index in [1.165, 1.54) is 0 Å². The van der Waals surface area contributed by atoms with Crippen LogP contribution in [0.2, 0.25) is 0 Å². The summed E-state index contributed by atoms with van der Waals surface area (Å²) in [7, 11) is 0. The van der Waals surface area contributed by atoms with E-state index in [1.807, 2.05) is 0 Å². The van der Waals surface area contributed by atoms with E-state index in [0.29, 0.717) is 17.5 Å². The van der Waals surface area contributed by atoms with Crippen molar-refractivity contribution < 1.29 is 4.79 Å². The predicted molar refractivity (Wildman–Crippen MR) is 61.3 cm³/mol. The maximum absolute atomic E-state index is 11.4. The fourth-order valence-corrected chi connectivity index (χ4v) is 1.56. The van der Waals surface area contributed by atoms with Crippen molar-refractivity contribution >= 4 is 17.5 Å². The molecule has 0 rings (SSSR count). The highest BCUT2D eigenvalue weighted by Crippen LogP contribution is 2.23. The highest BCUT2D eigenvalue weighted by atomic mass is 32.2.